The Hall–Kier alpha value is 0.160. The van der Waals surface area contributed by atoms with E-state index in [0.717, 1.165) is 44.9 Å². The number of nitrogens with zero attached hydrogens (tertiary/aromatic N) is 2. The van der Waals surface area contributed by atoms with Crippen molar-refractivity contribution in [2.24, 2.45) is 0 Å². The van der Waals surface area contributed by atoms with Crippen LogP contribution in [0.25, 0.3) is 0 Å². The first-order valence-corrected chi connectivity index (χ1v) is 9.39. The molecule has 112 valence electrons. The highest BCUT2D eigenvalue weighted by molar-refractivity contribution is 7.86. The van der Waals surface area contributed by atoms with Crippen LogP contribution in [0, 0.1) is 0 Å². The van der Waals surface area contributed by atoms with Gasteiger partial charge in [-0.1, -0.05) is 26.2 Å². The summed E-state index contributed by atoms with van der Waals surface area (Å²) >= 11 is 5.96. The molecular weight excluding hydrogens is 284 g/mol. The van der Waals surface area contributed by atoms with Crippen LogP contribution >= 0.6 is 11.6 Å². The Kier molecular flexibility index (Phi) is 5.52. The van der Waals surface area contributed by atoms with Crippen molar-refractivity contribution in [3.8, 4) is 0 Å². The zero-order valence-corrected chi connectivity index (χ0v) is 13.3. The van der Waals surface area contributed by atoms with Crippen LogP contribution in [-0.2, 0) is 10.2 Å². The van der Waals surface area contributed by atoms with E-state index < -0.39 is 10.2 Å². The van der Waals surface area contributed by atoms with Crippen LogP contribution in [-0.4, -0.2) is 48.1 Å². The molecule has 1 unspecified atom stereocenters. The molecular formula is C13H25ClN2O2S. The van der Waals surface area contributed by atoms with Gasteiger partial charge in [0, 0.05) is 31.1 Å². The van der Waals surface area contributed by atoms with Crippen LogP contribution in [0.2, 0.25) is 0 Å². The Morgan fingerprint density at radius 3 is 2.37 bits per heavy atom. The van der Waals surface area contributed by atoms with Crippen molar-refractivity contribution >= 4 is 21.8 Å². The maximum absolute atomic E-state index is 12.9. The number of alkyl halides is 1. The molecule has 0 N–H and O–H groups in total. The van der Waals surface area contributed by atoms with Crippen LogP contribution in [0.1, 0.15) is 51.9 Å². The quantitative estimate of drug-likeness (QED) is 0.733. The number of hydrogen-bond donors (Lipinski definition) is 0. The van der Waals surface area contributed by atoms with Crippen LogP contribution in [0.3, 0.4) is 0 Å². The summed E-state index contributed by atoms with van der Waals surface area (Å²) in [7, 11) is -3.34. The Balaban J connectivity index is 2.18. The van der Waals surface area contributed by atoms with Crippen molar-refractivity contribution in [2.75, 3.05) is 19.0 Å². The third-order valence-electron chi connectivity index (χ3n) is 4.39. The van der Waals surface area contributed by atoms with Gasteiger partial charge in [-0.3, -0.25) is 0 Å². The van der Waals surface area contributed by atoms with E-state index in [9.17, 15) is 8.42 Å². The zero-order valence-electron chi connectivity index (χ0n) is 11.7. The molecule has 1 atom stereocenters. The highest BCUT2D eigenvalue weighted by Gasteiger charge is 2.39. The lowest BCUT2D eigenvalue weighted by atomic mass is 10.1. The maximum atomic E-state index is 12.9. The predicted octanol–water partition coefficient (Wildman–Crippen LogP) is 2.59. The fraction of sp³-hybridized carbons (Fsp3) is 1.00. The summed E-state index contributed by atoms with van der Waals surface area (Å²) in [5.41, 5.74) is 0. The van der Waals surface area contributed by atoms with Crippen LogP contribution in [0.15, 0.2) is 0 Å². The van der Waals surface area contributed by atoms with Crippen molar-refractivity contribution in [3.63, 3.8) is 0 Å². The number of piperidine rings is 1. The summed E-state index contributed by atoms with van der Waals surface area (Å²) in [5, 5.41) is 0. The molecule has 2 rings (SSSR count). The van der Waals surface area contributed by atoms with E-state index >= 15 is 0 Å². The summed E-state index contributed by atoms with van der Waals surface area (Å²) in [5.74, 6) is 0.404. The summed E-state index contributed by atoms with van der Waals surface area (Å²) in [4.78, 5) is 0. The summed E-state index contributed by atoms with van der Waals surface area (Å²) < 4.78 is 29.1. The molecule has 1 aliphatic heterocycles. The second kappa shape index (κ2) is 6.74. The molecule has 4 nitrogen and oxygen atoms in total. The molecule has 0 radical (unpaired) electrons. The third-order valence-corrected chi connectivity index (χ3v) is 6.97. The van der Waals surface area contributed by atoms with Gasteiger partial charge in [-0.15, -0.1) is 11.6 Å². The maximum Gasteiger partial charge on any atom is 0.282 e. The molecule has 6 heteroatoms. The van der Waals surface area contributed by atoms with Gasteiger partial charge < -0.3 is 0 Å². The molecule has 1 saturated heterocycles. The summed E-state index contributed by atoms with van der Waals surface area (Å²) in [6.07, 6.45) is 7.24. The highest BCUT2D eigenvalue weighted by atomic mass is 35.5. The van der Waals surface area contributed by atoms with Crippen LogP contribution in [0.5, 0.6) is 0 Å². The Labute approximate surface area is 122 Å². The smallest absolute Gasteiger partial charge is 0.195 e. The van der Waals surface area contributed by atoms with E-state index in [1.54, 1.807) is 8.61 Å². The average molecular weight is 309 g/mol. The van der Waals surface area contributed by atoms with E-state index in [-0.39, 0.29) is 12.1 Å². The Morgan fingerprint density at radius 1 is 1.16 bits per heavy atom. The van der Waals surface area contributed by atoms with E-state index in [0.29, 0.717) is 19.0 Å². The first-order valence-electron chi connectivity index (χ1n) is 7.45. The SMILES string of the molecule is CCN(C1CCCC1)S(=O)(=O)N1CCCCC1CCl. The largest absolute Gasteiger partial charge is 0.282 e. The molecule has 2 fully saturated rings. The van der Waals surface area contributed by atoms with E-state index in [4.69, 9.17) is 11.6 Å². The van der Waals surface area contributed by atoms with Crippen molar-refractivity contribution in [1.82, 2.24) is 8.61 Å². The highest BCUT2D eigenvalue weighted by Crippen LogP contribution is 2.30. The van der Waals surface area contributed by atoms with Crippen LogP contribution < -0.4 is 0 Å². The molecule has 19 heavy (non-hydrogen) atoms. The molecule has 0 spiro atoms. The van der Waals surface area contributed by atoms with Crippen molar-refractivity contribution in [1.29, 1.82) is 0 Å². The van der Waals surface area contributed by atoms with Gasteiger partial charge in [-0.25, -0.2) is 0 Å². The average Bonchev–Trinajstić information content (AvgIpc) is 2.93. The monoisotopic (exact) mass is 308 g/mol. The molecule has 0 aromatic rings. The third kappa shape index (κ3) is 3.26. The van der Waals surface area contributed by atoms with Gasteiger partial charge in [-0.2, -0.15) is 17.0 Å². The molecule has 2 aliphatic rings. The molecule has 0 aromatic carbocycles. The fourth-order valence-corrected chi connectivity index (χ4v) is 5.87. The van der Waals surface area contributed by atoms with E-state index in [1.807, 2.05) is 6.92 Å². The van der Waals surface area contributed by atoms with Crippen molar-refractivity contribution in [3.05, 3.63) is 0 Å². The molecule has 0 aromatic heterocycles. The second-order valence-electron chi connectivity index (χ2n) is 5.56. The van der Waals surface area contributed by atoms with E-state index in [2.05, 4.69) is 0 Å². The number of halogens is 1. The lowest BCUT2D eigenvalue weighted by molar-refractivity contribution is 0.232. The van der Waals surface area contributed by atoms with Crippen molar-refractivity contribution in [2.45, 2.75) is 64.0 Å². The normalized spacial score (nSPS) is 27.2. The first kappa shape index (κ1) is 15.5. The van der Waals surface area contributed by atoms with E-state index in [1.165, 1.54) is 0 Å². The molecule has 1 saturated carbocycles. The second-order valence-corrected chi connectivity index (χ2v) is 7.71. The Morgan fingerprint density at radius 2 is 1.79 bits per heavy atom. The topological polar surface area (TPSA) is 40.6 Å². The minimum atomic E-state index is -3.34. The standard InChI is InChI=1S/C13H25ClN2O2S/c1-2-15(12-7-3-4-8-12)19(17,18)16-10-6-5-9-13(16)11-14/h12-13H,2-11H2,1H3. The minimum absolute atomic E-state index is 0.0177. The zero-order chi connectivity index (χ0) is 13.9. The summed E-state index contributed by atoms with van der Waals surface area (Å²) in [6, 6.07) is 0.184. The van der Waals surface area contributed by atoms with Gasteiger partial charge in [0.05, 0.1) is 0 Å². The Bertz CT molecular complexity index is 372. The number of rotatable bonds is 5. The van der Waals surface area contributed by atoms with Gasteiger partial charge in [0.15, 0.2) is 0 Å². The van der Waals surface area contributed by atoms with Gasteiger partial charge in [-0.05, 0) is 25.7 Å². The summed E-state index contributed by atoms with van der Waals surface area (Å²) in [6.45, 7) is 3.14. The molecule has 0 bridgehead atoms. The van der Waals surface area contributed by atoms with Gasteiger partial charge in [0.25, 0.3) is 10.2 Å². The minimum Gasteiger partial charge on any atom is -0.195 e. The van der Waals surface area contributed by atoms with Gasteiger partial charge >= 0.3 is 0 Å². The number of hydrogen-bond acceptors (Lipinski definition) is 2. The molecule has 0 amide bonds. The van der Waals surface area contributed by atoms with Crippen molar-refractivity contribution < 1.29 is 8.42 Å². The van der Waals surface area contributed by atoms with Gasteiger partial charge in [0.2, 0.25) is 0 Å². The van der Waals surface area contributed by atoms with Crippen LogP contribution in [0.4, 0.5) is 0 Å². The fourth-order valence-electron chi connectivity index (χ4n) is 3.37. The lowest BCUT2D eigenvalue weighted by Gasteiger charge is -2.38. The predicted molar refractivity (Wildman–Crippen MR) is 78.6 cm³/mol. The lowest BCUT2D eigenvalue weighted by Crippen LogP contribution is -2.53. The molecule has 1 aliphatic carbocycles. The molecule has 1 heterocycles. The first-order chi connectivity index (χ1) is 9.11. The van der Waals surface area contributed by atoms with Gasteiger partial charge in [0.1, 0.15) is 0 Å².